The number of hydrogen-bond donors (Lipinski definition) is 4. The van der Waals surface area contributed by atoms with E-state index in [0.717, 1.165) is 29.9 Å². The summed E-state index contributed by atoms with van der Waals surface area (Å²) in [6.45, 7) is 30.5. The molecule has 1 atom stereocenters. The SMILES string of the molecule is CCCCc1[nH]c(=O)c(-c2nnc(Cc3ccc(Cl)cn3)o2)c(O)c1-c1c(OC)cccc1OC.CCN(C)CC1=C(c2c(OC)cccc2OC)C(O)=C(c2nnc(Cc3ccc(Cl)cn3)o2)C(=O)C1.CCN(CC(=O)O)C(=O)OC(C)(C)C.CCN(CC(=O)n1ccnc1)C(=O)OC(C)(C)C.CCOC(=O)C(C(=O)CN(CC)C(=O)OC(C)(C)C)c1c(OC)cccc1OC.CCOC(=O)Cc1c(OC)cccc1OC.[2H]CI. The molecule has 1 aliphatic rings. The number of H-pyrrole nitrogens is 1. The van der Waals surface area contributed by atoms with Gasteiger partial charge in [-0.2, -0.15) is 0 Å². The summed E-state index contributed by atoms with van der Waals surface area (Å²) in [7, 11) is 14.1. The van der Waals surface area contributed by atoms with Crippen molar-refractivity contribution < 1.29 is 130 Å². The molecule has 1 aliphatic carbocycles. The standard InChI is InChI=1S/C26H27ClN4O5.C25H25ClN4O5.C21H31NO7.C12H19N3O3.C12H16O4.C9H17NO4.CH3I/c1-5-31(2)14-15-11-18(32)23(25(33)22(15)24-19(34-3)7-6-8-20(24)35-4)26-30-29-21(36-26)12-17-10-9-16(27)13-28-17;1-4-5-7-16-20(21-17(33-2)8-6-9-18(21)34-3)23(31)22(24(32)28-16)25-30-29-19(35-25)12-15-11-10-14(26)13-27-15;1-8-22(20(25)29-21(3,4)5)13-14(23)17(19(24)28-9-2)18-15(26-6)11-10-12-16(18)27-7;1-5-14(11(17)18-12(2,3)4)8-10(16)15-7-6-13-9-15;1-4-16-12(13)8-9-10(14-2)6-5-7-11(9)15-3;1-5-10(6-7(11)12)8(13)14-9(2,3)4;1-2/h6-10,13,33H,5,11-12,14H2,1-4H3;6,8-11,13H,4-5,7,12H2,1-3H3,(H2,28,31,32);10-12,17H,8-9,13H2,1-7H3;6-7,9H,5,8H2,1-4H3;5-7H,4,8H2,1-3H3;5-6H2,1-4H3,(H,11,12);1H3/i;;;;;;1D. The van der Waals surface area contributed by atoms with Gasteiger partial charge in [0.25, 0.3) is 23.2 Å². The lowest BCUT2D eigenvalue weighted by Gasteiger charge is -2.27. The number of aliphatic carboxylic acids is 1. The average Bonchev–Trinajstić information content (AvgIpc) is 0.897. The van der Waals surface area contributed by atoms with Crippen LogP contribution >= 0.6 is 45.8 Å². The number of methoxy groups -OCH3 is 8. The maximum atomic E-state index is 13.3. The molecule has 0 aliphatic heterocycles. The number of rotatable bonds is 38. The van der Waals surface area contributed by atoms with Gasteiger partial charge in [-0.25, -0.2) is 19.4 Å². The van der Waals surface area contributed by atoms with Crippen molar-refractivity contribution in [1.29, 1.82) is 0 Å². The van der Waals surface area contributed by atoms with Crippen LogP contribution in [0.2, 0.25) is 10.0 Å². The second kappa shape index (κ2) is 62.2. The summed E-state index contributed by atoms with van der Waals surface area (Å²) in [5.74, 6) is -0.800. The van der Waals surface area contributed by atoms with E-state index >= 15 is 0 Å². The number of benzene rings is 4. The number of nitrogens with zero attached hydrogens (tertiary/aromatic N) is 12. The average molecular weight is 2240 g/mol. The van der Waals surface area contributed by atoms with Gasteiger partial charge in [0.15, 0.2) is 11.6 Å². The normalized spacial score (nSPS) is 11.8. The van der Waals surface area contributed by atoms with Gasteiger partial charge in [-0.05, 0) is 207 Å². The second-order valence-corrected chi connectivity index (χ2v) is 36.1. The number of ketones is 2. The molecule has 4 aromatic carbocycles. The number of alkyl halides is 1. The van der Waals surface area contributed by atoms with Crippen molar-refractivity contribution >= 4 is 111 Å². The predicted octanol–water partition coefficient (Wildman–Crippen LogP) is 18.3. The monoisotopic (exact) mass is 2240 g/mol. The number of carboxylic acid groups (broad SMARTS) is 1. The van der Waals surface area contributed by atoms with E-state index in [4.69, 9.17) is 100 Å². The molecular formula is C106H138Cl2IN13O28. The lowest BCUT2D eigenvalue weighted by Crippen LogP contribution is -2.42. The van der Waals surface area contributed by atoms with Gasteiger partial charge >= 0.3 is 36.2 Å². The summed E-state index contributed by atoms with van der Waals surface area (Å²) in [4.78, 5) is 143. The number of allylic oxidation sites excluding steroid dienone is 2. The van der Waals surface area contributed by atoms with E-state index < -0.39 is 64.3 Å². The number of amides is 3. The largest absolute Gasteiger partial charge is 0.506 e. The third kappa shape index (κ3) is 38.3. The van der Waals surface area contributed by atoms with E-state index in [1.807, 2.05) is 54.5 Å². The Bertz CT molecular complexity index is 6150. The van der Waals surface area contributed by atoms with Gasteiger partial charge in [0.1, 0.15) is 111 Å². The number of carbonyl (C=O) groups is 9. The molecule has 0 fully saturated rings. The first-order chi connectivity index (χ1) is 71.6. The molecule has 816 valence electrons. The summed E-state index contributed by atoms with van der Waals surface area (Å²) in [5.41, 5.74) is 2.95. The van der Waals surface area contributed by atoms with Gasteiger partial charge in [-0.3, -0.25) is 57.9 Å². The first kappa shape index (κ1) is 124. The van der Waals surface area contributed by atoms with Gasteiger partial charge in [0, 0.05) is 87.0 Å². The fourth-order valence-corrected chi connectivity index (χ4v) is 14.4. The Morgan fingerprint density at radius 3 is 1.37 bits per heavy atom. The number of aromatic nitrogens is 9. The minimum Gasteiger partial charge on any atom is -0.506 e. The molecule has 6 aromatic heterocycles. The number of Topliss-reactive ketones (excluding diaryl/α,β-unsaturated/α-hetero) is 2. The fourth-order valence-electron chi connectivity index (χ4n) is 14.2. The van der Waals surface area contributed by atoms with Crippen LogP contribution in [0.1, 0.15) is 194 Å². The predicted molar refractivity (Wildman–Crippen MR) is 571 cm³/mol. The van der Waals surface area contributed by atoms with Crippen molar-refractivity contribution in [3.05, 3.63) is 211 Å². The van der Waals surface area contributed by atoms with E-state index in [0.29, 0.717) is 139 Å². The Balaban J connectivity index is 0.000000327. The third-order valence-corrected chi connectivity index (χ3v) is 21.6. The fraction of sp³-hybridized carbons (Fsp3) is 0.443. The second-order valence-electron chi connectivity index (χ2n) is 35.2. The number of aromatic hydroxyl groups is 1. The molecule has 150 heavy (non-hydrogen) atoms. The maximum Gasteiger partial charge on any atom is 0.410 e. The van der Waals surface area contributed by atoms with Crippen LogP contribution in [0.15, 0.2) is 153 Å². The first-order valence-corrected chi connectivity index (χ1v) is 49.8. The number of aromatic amines is 1. The molecule has 44 heteroatoms. The van der Waals surface area contributed by atoms with E-state index in [1.165, 1.54) is 67.7 Å². The van der Waals surface area contributed by atoms with E-state index in [1.54, 1.807) is 223 Å². The van der Waals surface area contributed by atoms with Crippen molar-refractivity contribution in [3.63, 3.8) is 0 Å². The molecule has 41 nitrogen and oxygen atoms in total. The van der Waals surface area contributed by atoms with Crippen LogP contribution in [-0.2, 0) is 73.3 Å². The van der Waals surface area contributed by atoms with Crippen molar-refractivity contribution in [2.75, 3.05) is 134 Å². The van der Waals surface area contributed by atoms with Gasteiger partial charge < -0.3 is 101 Å². The number of imidazole rings is 1. The number of hydrogen-bond acceptors (Lipinski definition) is 35. The minimum atomic E-state index is -1.31. The Morgan fingerprint density at radius 2 is 0.967 bits per heavy atom. The number of carboxylic acids is 1. The lowest BCUT2D eigenvalue weighted by atomic mass is 9.84. The molecule has 4 N–H and O–H groups in total. The zero-order valence-electron chi connectivity index (χ0n) is 90.5. The third-order valence-electron chi connectivity index (χ3n) is 21.1. The number of ether oxygens (including phenoxy) is 13. The van der Waals surface area contributed by atoms with Crippen LogP contribution in [0.5, 0.6) is 51.7 Å². The van der Waals surface area contributed by atoms with Crippen molar-refractivity contribution in [2.24, 2.45) is 0 Å². The number of aliphatic hydroxyl groups excluding tert-OH is 1. The summed E-state index contributed by atoms with van der Waals surface area (Å²) in [6.07, 6.45) is 8.75. The van der Waals surface area contributed by atoms with Crippen LogP contribution in [0.4, 0.5) is 14.4 Å². The molecule has 3 amide bonds. The number of aryl methyl sites for hydroxylation is 1. The topological polar surface area (TPSA) is 502 Å². The molecule has 0 radical (unpaired) electrons. The molecule has 11 rings (SSSR count). The molecular weight excluding hydrogens is 2100 g/mol. The van der Waals surface area contributed by atoms with Crippen LogP contribution in [0.25, 0.3) is 33.7 Å². The Morgan fingerprint density at radius 1 is 0.540 bits per heavy atom. The number of likely N-dealkylation sites (N-methyl/N-ethyl adjacent to an activating group) is 4. The Hall–Kier alpha value is -14.4. The first-order valence-electron chi connectivity index (χ1n) is 48.3. The molecule has 0 spiro atoms. The lowest BCUT2D eigenvalue weighted by molar-refractivity contribution is -0.148. The number of unbranched alkanes of at least 4 members (excludes halogenated alkanes) is 1. The van der Waals surface area contributed by atoms with Crippen LogP contribution < -0.4 is 43.5 Å². The summed E-state index contributed by atoms with van der Waals surface area (Å²) >= 11 is 13.7. The van der Waals surface area contributed by atoms with Crippen LogP contribution in [-0.4, -0.2) is 285 Å². The summed E-state index contributed by atoms with van der Waals surface area (Å²) in [5, 5.41) is 48.7. The molecule has 1 unspecified atom stereocenters. The molecule has 6 heterocycles. The zero-order valence-corrected chi connectivity index (χ0v) is 93.1. The van der Waals surface area contributed by atoms with Crippen LogP contribution in [0, 0.1) is 0 Å². The highest BCUT2D eigenvalue weighted by Gasteiger charge is 2.40. The van der Waals surface area contributed by atoms with E-state index in [-0.39, 0.29) is 128 Å². The van der Waals surface area contributed by atoms with Crippen molar-refractivity contribution in [1.82, 2.24) is 64.5 Å². The molecule has 0 saturated carbocycles. The zero-order chi connectivity index (χ0) is 113. The molecule has 10 aromatic rings. The smallest absolute Gasteiger partial charge is 0.410 e. The maximum absolute atomic E-state index is 13.3. The quantitative estimate of drug-likeness (QED) is 0.00918. The number of pyridine rings is 3. The Labute approximate surface area is 898 Å². The van der Waals surface area contributed by atoms with Gasteiger partial charge in [-0.1, -0.05) is 90.3 Å². The molecule has 0 bridgehead atoms. The van der Waals surface area contributed by atoms with Crippen molar-refractivity contribution in [3.8, 4) is 74.3 Å². The van der Waals surface area contributed by atoms with Gasteiger partial charge in [0.2, 0.25) is 11.8 Å². The number of esters is 2. The van der Waals surface area contributed by atoms with Crippen LogP contribution in [0.3, 0.4) is 0 Å². The summed E-state index contributed by atoms with van der Waals surface area (Å²) < 4.78 is 88.1. The molecule has 0 saturated heterocycles. The Kier molecular flexibility index (Phi) is 51.5. The van der Waals surface area contributed by atoms with E-state index in [9.17, 15) is 58.2 Å². The highest BCUT2D eigenvalue weighted by atomic mass is 127. The van der Waals surface area contributed by atoms with Crippen molar-refractivity contribution in [2.45, 2.75) is 178 Å². The number of aliphatic hydroxyl groups is 1. The number of carbonyl (C=O) groups excluding carboxylic acids is 8. The van der Waals surface area contributed by atoms with E-state index in [2.05, 4.69) is 40.3 Å². The van der Waals surface area contributed by atoms with Gasteiger partial charge in [0.05, 0.1) is 128 Å². The highest BCUT2D eigenvalue weighted by molar-refractivity contribution is 14.1. The van der Waals surface area contributed by atoms with Gasteiger partial charge in [-0.15, -0.1) is 20.4 Å². The number of halogens is 3. The number of nitrogens with one attached hydrogen (secondary N) is 1. The minimum absolute atomic E-state index is 0.0260. The summed E-state index contributed by atoms with van der Waals surface area (Å²) in [6, 6.07) is 27.9. The highest BCUT2D eigenvalue weighted by Crippen LogP contribution is 2.48.